The second kappa shape index (κ2) is 7.71. The van der Waals surface area contributed by atoms with Gasteiger partial charge >= 0.3 is 0 Å². The summed E-state index contributed by atoms with van der Waals surface area (Å²) in [6, 6.07) is 0. The number of hydrogen-bond donors (Lipinski definition) is 1. The van der Waals surface area contributed by atoms with Crippen LogP contribution in [0.25, 0.3) is 10.2 Å². The number of thiophene rings is 1. The summed E-state index contributed by atoms with van der Waals surface area (Å²) in [5, 5.41) is 8.66. The lowest BCUT2D eigenvalue weighted by molar-refractivity contribution is 0.0883. The average molecular weight is 383 g/mol. The van der Waals surface area contributed by atoms with E-state index in [-0.39, 0.29) is 5.91 Å². The fraction of sp³-hybridized carbons (Fsp3) is 0.263. The van der Waals surface area contributed by atoms with Gasteiger partial charge in [-0.2, -0.15) is 0 Å². The molecule has 0 spiro atoms. The molecule has 140 valence electrons. The van der Waals surface area contributed by atoms with Crippen LogP contribution in [0.15, 0.2) is 42.1 Å². The summed E-state index contributed by atoms with van der Waals surface area (Å²) in [5.41, 5.74) is 1.53. The minimum absolute atomic E-state index is 0.246. The minimum Gasteiger partial charge on any atom is -0.497 e. The van der Waals surface area contributed by atoms with E-state index in [1.165, 1.54) is 22.6 Å². The Labute approximate surface area is 161 Å². The van der Waals surface area contributed by atoms with Crippen LogP contribution in [0.4, 0.5) is 5.82 Å². The van der Waals surface area contributed by atoms with Crippen LogP contribution in [0, 0.1) is 12.3 Å². The number of anilines is 1. The number of hydrogen-bond acceptors (Lipinski definition) is 7. The zero-order valence-corrected chi connectivity index (χ0v) is 16.5. The summed E-state index contributed by atoms with van der Waals surface area (Å²) in [6.07, 6.45) is 10.4. The molecule has 2 aromatic rings. The first-order valence-corrected chi connectivity index (χ1v) is 9.16. The van der Waals surface area contributed by atoms with Crippen LogP contribution < -0.4 is 4.90 Å². The largest absolute Gasteiger partial charge is 0.497 e. The van der Waals surface area contributed by atoms with Crippen LogP contribution >= 0.6 is 11.3 Å². The SMILES string of the molecule is COC1=CC=C(N(C=N)C(=O)c2sc3ncnc(N(C)C)c3c2C)CC=C1. The molecule has 7 nitrogen and oxygen atoms in total. The molecule has 2 aromatic heterocycles. The van der Waals surface area contributed by atoms with E-state index >= 15 is 0 Å². The fourth-order valence-electron chi connectivity index (χ4n) is 2.89. The van der Waals surface area contributed by atoms with Crippen LogP contribution in [0.5, 0.6) is 0 Å². The van der Waals surface area contributed by atoms with Crippen molar-refractivity contribution in [2.24, 2.45) is 0 Å². The molecule has 2 heterocycles. The molecule has 1 amide bonds. The normalized spacial score (nSPS) is 13.6. The Morgan fingerprint density at radius 2 is 2.11 bits per heavy atom. The van der Waals surface area contributed by atoms with Gasteiger partial charge in [-0.25, -0.2) is 9.97 Å². The van der Waals surface area contributed by atoms with Crippen molar-refractivity contribution in [3.8, 4) is 0 Å². The average Bonchev–Trinajstić information content (AvgIpc) is 2.84. The smallest absolute Gasteiger partial charge is 0.273 e. The summed E-state index contributed by atoms with van der Waals surface area (Å²) in [4.78, 5) is 26.5. The van der Waals surface area contributed by atoms with Crippen LogP contribution in [0.3, 0.4) is 0 Å². The molecule has 1 aliphatic carbocycles. The van der Waals surface area contributed by atoms with Crippen LogP contribution in [0.1, 0.15) is 21.7 Å². The predicted molar refractivity (Wildman–Crippen MR) is 108 cm³/mol. The maximum absolute atomic E-state index is 13.2. The molecule has 0 radical (unpaired) electrons. The van der Waals surface area contributed by atoms with Gasteiger partial charge in [0.25, 0.3) is 5.91 Å². The zero-order chi connectivity index (χ0) is 19.6. The third-order valence-electron chi connectivity index (χ3n) is 4.27. The van der Waals surface area contributed by atoms with E-state index in [4.69, 9.17) is 10.1 Å². The van der Waals surface area contributed by atoms with E-state index in [9.17, 15) is 4.79 Å². The van der Waals surface area contributed by atoms with Gasteiger partial charge in [-0.15, -0.1) is 11.3 Å². The van der Waals surface area contributed by atoms with Gasteiger partial charge in [0.2, 0.25) is 0 Å². The van der Waals surface area contributed by atoms with Crippen molar-refractivity contribution in [3.63, 3.8) is 0 Å². The molecule has 0 atom stereocenters. The number of aromatic nitrogens is 2. The lowest BCUT2D eigenvalue weighted by Crippen LogP contribution is -2.28. The number of carbonyl (C=O) groups excluding carboxylic acids is 1. The number of allylic oxidation sites excluding steroid dienone is 4. The summed E-state index contributed by atoms with van der Waals surface area (Å²) < 4.78 is 5.22. The van der Waals surface area contributed by atoms with Gasteiger partial charge in [0.05, 0.1) is 23.7 Å². The maximum atomic E-state index is 13.2. The Bertz CT molecular complexity index is 987. The van der Waals surface area contributed by atoms with Crippen molar-refractivity contribution >= 4 is 39.6 Å². The highest BCUT2D eigenvalue weighted by Crippen LogP contribution is 2.35. The van der Waals surface area contributed by atoms with E-state index in [1.807, 2.05) is 38.1 Å². The molecule has 1 N–H and O–H groups in total. The third-order valence-corrected chi connectivity index (χ3v) is 5.45. The first-order valence-electron chi connectivity index (χ1n) is 8.34. The first kappa shape index (κ1) is 18.8. The van der Waals surface area contributed by atoms with Gasteiger partial charge < -0.3 is 9.64 Å². The molecule has 0 saturated carbocycles. The van der Waals surface area contributed by atoms with Gasteiger partial charge in [-0.05, 0) is 30.7 Å². The van der Waals surface area contributed by atoms with E-state index in [2.05, 4.69) is 9.97 Å². The number of nitrogens with zero attached hydrogens (tertiary/aromatic N) is 4. The maximum Gasteiger partial charge on any atom is 0.273 e. The van der Waals surface area contributed by atoms with Crippen LogP contribution in [-0.4, -0.2) is 48.3 Å². The lowest BCUT2D eigenvalue weighted by atomic mass is 10.1. The molecule has 8 heteroatoms. The second-order valence-electron chi connectivity index (χ2n) is 6.17. The molecule has 0 bridgehead atoms. The van der Waals surface area contributed by atoms with Crippen molar-refractivity contribution in [2.45, 2.75) is 13.3 Å². The predicted octanol–water partition coefficient (Wildman–Crippen LogP) is 3.49. The fourth-order valence-corrected chi connectivity index (χ4v) is 3.97. The monoisotopic (exact) mass is 383 g/mol. The van der Waals surface area contributed by atoms with Gasteiger partial charge in [0.15, 0.2) is 0 Å². The topological polar surface area (TPSA) is 82.4 Å². The van der Waals surface area contributed by atoms with Gasteiger partial charge in [0.1, 0.15) is 22.7 Å². The number of aryl methyl sites for hydroxylation is 1. The van der Waals surface area contributed by atoms with E-state index in [0.29, 0.717) is 22.8 Å². The molecule has 0 unspecified atom stereocenters. The summed E-state index contributed by atoms with van der Waals surface area (Å²) in [6.45, 7) is 1.90. The Balaban J connectivity index is 2.04. The van der Waals surface area contributed by atoms with Gasteiger partial charge in [-0.3, -0.25) is 15.1 Å². The van der Waals surface area contributed by atoms with Crippen molar-refractivity contribution in [3.05, 3.63) is 52.5 Å². The second-order valence-corrected chi connectivity index (χ2v) is 7.17. The molecule has 27 heavy (non-hydrogen) atoms. The van der Waals surface area contributed by atoms with E-state index in [0.717, 1.165) is 27.9 Å². The number of methoxy groups -OCH3 is 1. The highest BCUT2D eigenvalue weighted by Gasteiger charge is 2.25. The standard InChI is InChI=1S/C19H21N5O2S/c1-12-15-17(23(2)3)21-11-22-18(15)27-16(12)19(25)24(10-20)13-6-5-7-14(26-4)9-8-13/h5,7-11,20H,6H2,1-4H3. The van der Waals surface area contributed by atoms with E-state index < -0.39 is 0 Å². The Morgan fingerprint density at radius 3 is 2.78 bits per heavy atom. The first-order chi connectivity index (χ1) is 13.0. The Kier molecular flexibility index (Phi) is 5.36. The van der Waals surface area contributed by atoms with Crippen molar-refractivity contribution in [1.82, 2.24) is 14.9 Å². The van der Waals surface area contributed by atoms with Gasteiger partial charge in [0, 0.05) is 26.2 Å². The van der Waals surface area contributed by atoms with Crippen molar-refractivity contribution in [2.75, 3.05) is 26.1 Å². The number of nitrogens with one attached hydrogen (secondary N) is 1. The molecular weight excluding hydrogens is 362 g/mol. The number of amides is 1. The molecule has 0 fully saturated rings. The molecule has 1 aliphatic rings. The zero-order valence-electron chi connectivity index (χ0n) is 15.7. The number of carbonyl (C=O) groups is 1. The summed E-state index contributed by atoms with van der Waals surface area (Å²) in [7, 11) is 5.41. The van der Waals surface area contributed by atoms with Gasteiger partial charge in [-0.1, -0.05) is 6.08 Å². The molecule has 0 aromatic carbocycles. The molecular formula is C19H21N5O2S. The molecule has 0 saturated heterocycles. The summed E-state index contributed by atoms with van der Waals surface area (Å²) >= 11 is 1.32. The molecule has 3 rings (SSSR count). The quantitative estimate of drug-likeness (QED) is 0.631. The van der Waals surface area contributed by atoms with Crippen LogP contribution in [-0.2, 0) is 4.74 Å². The Hall–Kier alpha value is -3.00. The lowest BCUT2D eigenvalue weighted by Gasteiger charge is -2.19. The van der Waals surface area contributed by atoms with Crippen molar-refractivity contribution in [1.29, 1.82) is 5.41 Å². The third kappa shape index (κ3) is 3.48. The summed E-state index contributed by atoms with van der Waals surface area (Å²) in [5.74, 6) is 1.23. The highest BCUT2D eigenvalue weighted by atomic mass is 32.1. The minimum atomic E-state index is -0.246. The van der Waals surface area contributed by atoms with Crippen molar-refractivity contribution < 1.29 is 9.53 Å². The highest BCUT2D eigenvalue weighted by molar-refractivity contribution is 7.20. The number of rotatable bonds is 5. The van der Waals surface area contributed by atoms with E-state index in [1.54, 1.807) is 19.3 Å². The van der Waals surface area contributed by atoms with Crippen LogP contribution in [0.2, 0.25) is 0 Å². The number of ether oxygens (including phenoxy) is 1. The number of fused-ring (bicyclic) bond motifs is 1. The molecule has 0 aliphatic heterocycles. The Morgan fingerprint density at radius 1 is 1.33 bits per heavy atom.